The number of hydrogen-bond donors (Lipinski definition) is 1. The Kier molecular flexibility index (Phi) is 10.1. The molecule has 1 heterocycles. The molecule has 1 unspecified atom stereocenters. The molecule has 1 aliphatic rings. The monoisotopic (exact) mass is 216 g/mol. The molecule has 1 atom stereocenters. The first-order valence-corrected chi connectivity index (χ1v) is 3.79. The topological polar surface area (TPSA) is 38.5 Å². The molecule has 3 nitrogen and oxygen atoms in total. The normalized spacial score (nSPS) is 25.0. The maximum atomic E-state index is 5.53. The van der Waals surface area contributed by atoms with E-state index in [1.54, 1.807) is 0 Å². The van der Waals surface area contributed by atoms with Crippen molar-refractivity contribution in [3.8, 4) is 0 Å². The number of likely N-dealkylation sites (N-methyl/N-ethyl adjacent to an activating group) is 1. The minimum atomic E-state index is 0. The molecule has 2 N–H and O–H groups in total. The Morgan fingerprint density at radius 1 is 1.50 bits per heavy atom. The lowest BCUT2D eigenvalue weighted by atomic mass is 10.1. The average molecular weight is 217 g/mol. The molecule has 1 fully saturated rings. The molecule has 1 saturated heterocycles. The van der Waals surface area contributed by atoms with Gasteiger partial charge in [0, 0.05) is 19.0 Å². The van der Waals surface area contributed by atoms with Gasteiger partial charge in [-0.25, -0.2) is 0 Å². The van der Waals surface area contributed by atoms with Crippen LogP contribution in [-0.4, -0.2) is 44.8 Å². The van der Waals surface area contributed by atoms with E-state index in [0.717, 1.165) is 32.8 Å². The molecule has 0 spiro atoms. The second-order valence-electron chi connectivity index (χ2n) is 2.94. The average Bonchev–Trinajstić information content (AvgIpc) is 2.13. The third-order valence-electron chi connectivity index (χ3n) is 1.87. The van der Waals surface area contributed by atoms with E-state index in [0.29, 0.717) is 5.92 Å². The highest BCUT2D eigenvalue weighted by Gasteiger charge is 2.13. The van der Waals surface area contributed by atoms with E-state index in [9.17, 15) is 0 Å². The zero-order valence-electron chi connectivity index (χ0n) is 7.36. The van der Waals surface area contributed by atoms with Crippen LogP contribution in [0.2, 0.25) is 0 Å². The van der Waals surface area contributed by atoms with Crippen molar-refractivity contribution in [1.29, 1.82) is 0 Å². The fourth-order valence-corrected chi connectivity index (χ4v) is 1.20. The predicted molar refractivity (Wildman–Crippen MR) is 55.4 cm³/mol. The Morgan fingerprint density at radius 2 is 2.17 bits per heavy atom. The van der Waals surface area contributed by atoms with Crippen LogP contribution < -0.4 is 5.73 Å². The zero-order valence-corrected chi connectivity index (χ0v) is 9.00. The molecular weight excluding hydrogens is 199 g/mol. The smallest absolute Gasteiger partial charge is 0.0593 e. The van der Waals surface area contributed by atoms with Crippen LogP contribution >= 0.6 is 24.8 Å². The number of ether oxygens (including phenoxy) is 1. The molecule has 0 radical (unpaired) electrons. The van der Waals surface area contributed by atoms with Crippen LogP contribution in [0.4, 0.5) is 0 Å². The predicted octanol–water partition coefficient (Wildman–Crippen LogP) is 0.367. The Morgan fingerprint density at radius 3 is 2.75 bits per heavy atom. The van der Waals surface area contributed by atoms with E-state index in [1.807, 2.05) is 0 Å². The van der Waals surface area contributed by atoms with E-state index >= 15 is 0 Å². The molecule has 1 rings (SSSR count). The van der Waals surface area contributed by atoms with Crippen LogP contribution in [0.1, 0.15) is 0 Å². The first-order valence-electron chi connectivity index (χ1n) is 3.79. The summed E-state index contributed by atoms with van der Waals surface area (Å²) in [4.78, 5) is 2.27. The van der Waals surface area contributed by atoms with Crippen molar-refractivity contribution in [2.75, 3.05) is 39.9 Å². The fourth-order valence-electron chi connectivity index (χ4n) is 1.20. The summed E-state index contributed by atoms with van der Waals surface area (Å²) in [6.45, 7) is 4.55. The van der Waals surface area contributed by atoms with Crippen molar-refractivity contribution in [3.05, 3.63) is 0 Å². The summed E-state index contributed by atoms with van der Waals surface area (Å²) in [6.07, 6.45) is 0. The van der Waals surface area contributed by atoms with Gasteiger partial charge in [-0.2, -0.15) is 0 Å². The Labute approximate surface area is 86.4 Å². The van der Waals surface area contributed by atoms with E-state index in [-0.39, 0.29) is 24.8 Å². The molecule has 76 valence electrons. The summed E-state index contributed by atoms with van der Waals surface area (Å²) in [5.41, 5.74) is 5.53. The van der Waals surface area contributed by atoms with Gasteiger partial charge in [-0.05, 0) is 13.6 Å². The lowest BCUT2D eigenvalue weighted by molar-refractivity contribution is 0.124. The number of nitrogens with two attached hydrogens (primary N) is 1. The SMILES string of the molecule is CN1CCOCC(CN)C1.Cl.Cl. The van der Waals surface area contributed by atoms with Crippen LogP contribution in [0, 0.1) is 5.92 Å². The Hall–Kier alpha value is 0.460. The highest BCUT2D eigenvalue weighted by molar-refractivity contribution is 5.85. The first-order chi connectivity index (χ1) is 4.83. The molecule has 0 aromatic rings. The van der Waals surface area contributed by atoms with Gasteiger partial charge in [0.15, 0.2) is 0 Å². The molecule has 0 amide bonds. The number of rotatable bonds is 1. The quantitative estimate of drug-likeness (QED) is 0.689. The molecule has 0 aromatic heterocycles. The van der Waals surface area contributed by atoms with Gasteiger partial charge in [-0.15, -0.1) is 24.8 Å². The van der Waals surface area contributed by atoms with Gasteiger partial charge in [-0.1, -0.05) is 0 Å². The van der Waals surface area contributed by atoms with E-state index in [2.05, 4.69) is 11.9 Å². The molecule has 0 bridgehead atoms. The summed E-state index contributed by atoms with van der Waals surface area (Å²) < 4.78 is 5.35. The minimum Gasteiger partial charge on any atom is -0.380 e. The van der Waals surface area contributed by atoms with Gasteiger partial charge in [-0.3, -0.25) is 0 Å². The Balaban J connectivity index is 0. The van der Waals surface area contributed by atoms with Gasteiger partial charge < -0.3 is 15.4 Å². The zero-order chi connectivity index (χ0) is 7.40. The van der Waals surface area contributed by atoms with Crippen molar-refractivity contribution < 1.29 is 4.74 Å². The van der Waals surface area contributed by atoms with Gasteiger partial charge in [0.2, 0.25) is 0 Å². The molecule has 1 aliphatic heterocycles. The molecule has 0 aromatic carbocycles. The van der Waals surface area contributed by atoms with Gasteiger partial charge >= 0.3 is 0 Å². The summed E-state index contributed by atoms with van der Waals surface area (Å²) in [7, 11) is 2.11. The van der Waals surface area contributed by atoms with E-state index in [4.69, 9.17) is 10.5 Å². The lowest BCUT2D eigenvalue weighted by Gasteiger charge is -2.16. The van der Waals surface area contributed by atoms with Gasteiger partial charge in [0.1, 0.15) is 0 Å². The summed E-state index contributed by atoms with van der Waals surface area (Å²) in [5.74, 6) is 0.535. The van der Waals surface area contributed by atoms with Crippen LogP contribution in [0.15, 0.2) is 0 Å². The maximum Gasteiger partial charge on any atom is 0.0593 e. The van der Waals surface area contributed by atoms with Crippen LogP contribution in [0.25, 0.3) is 0 Å². The summed E-state index contributed by atoms with van der Waals surface area (Å²) >= 11 is 0. The minimum absolute atomic E-state index is 0. The number of nitrogens with zero attached hydrogens (tertiary/aromatic N) is 1. The first kappa shape index (κ1) is 15.0. The summed E-state index contributed by atoms with van der Waals surface area (Å²) in [5, 5.41) is 0. The van der Waals surface area contributed by atoms with Crippen molar-refractivity contribution in [1.82, 2.24) is 4.90 Å². The van der Waals surface area contributed by atoms with Crippen molar-refractivity contribution in [3.63, 3.8) is 0 Å². The highest BCUT2D eigenvalue weighted by atomic mass is 35.5. The second-order valence-corrected chi connectivity index (χ2v) is 2.94. The van der Waals surface area contributed by atoms with Gasteiger partial charge in [0.25, 0.3) is 0 Å². The summed E-state index contributed by atoms with van der Waals surface area (Å²) in [6, 6.07) is 0. The molecule has 0 aliphatic carbocycles. The number of halogens is 2. The van der Waals surface area contributed by atoms with E-state index < -0.39 is 0 Å². The lowest BCUT2D eigenvalue weighted by Crippen LogP contribution is -2.30. The fraction of sp³-hybridized carbons (Fsp3) is 1.00. The standard InChI is InChI=1S/C7H16N2O.2ClH/c1-9-2-3-10-6-7(4-8)5-9;;/h7H,2-6,8H2,1H3;2*1H. The van der Waals surface area contributed by atoms with Crippen LogP contribution in [0.5, 0.6) is 0 Å². The van der Waals surface area contributed by atoms with E-state index in [1.165, 1.54) is 0 Å². The highest BCUT2D eigenvalue weighted by Crippen LogP contribution is 2.02. The third kappa shape index (κ3) is 5.17. The number of hydrogen-bond acceptors (Lipinski definition) is 3. The third-order valence-corrected chi connectivity index (χ3v) is 1.87. The van der Waals surface area contributed by atoms with Crippen LogP contribution in [0.3, 0.4) is 0 Å². The molecule has 0 saturated carbocycles. The van der Waals surface area contributed by atoms with Crippen LogP contribution in [-0.2, 0) is 4.74 Å². The van der Waals surface area contributed by atoms with Crippen molar-refractivity contribution >= 4 is 24.8 Å². The maximum absolute atomic E-state index is 5.53. The Bertz CT molecular complexity index is 105. The second kappa shape index (κ2) is 8.08. The largest absolute Gasteiger partial charge is 0.380 e. The molecular formula is C7H18Cl2N2O. The molecule has 5 heteroatoms. The van der Waals surface area contributed by atoms with Gasteiger partial charge in [0.05, 0.1) is 13.2 Å². The molecule has 12 heavy (non-hydrogen) atoms. The van der Waals surface area contributed by atoms with Crippen molar-refractivity contribution in [2.45, 2.75) is 0 Å². The van der Waals surface area contributed by atoms with Crippen molar-refractivity contribution in [2.24, 2.45) is 11.7 Å².